The molecule has 0 bridgehead atoms. The van der Waals surface area contributed by atoms with Crippen molar-refractivity contribution in [3.8, 4) is 0 Å². The van der Waals surface area contributed by atoms with Gasteiger partial charge in [-0.2, -0.15) is 8.42 Å². The van der Waals surface area contributed by atoms with Gasteiger partial charge < -0.3 is 4.90 Å². The number of nitrogens with zero attached hydrogens (tertiary/aromatic N) is 1. The molecule has 1 N–H and O–H groups in total. The fourth-order valence-corrected chi connectivity index (χ4v) is 3.03. The van der Waals surface area contributed by atoms with Gasteiger partial charge in [-0.3, -0.25) is 4.55 Å². The number of fused-ring (bicyclic) bond motifs is 1. The molecule has 0 radical (unpaired) electrons. The van der Waals surface area contributed by atoms with E-state index < -0.39 is 10.1 Å². The standard InChI is InChI=1S/C15H19NO3S/c1-5-6-9-16-11(2)15(3,4)13-10-12(20(17,18)19)7-8-14(13)16/h5,7-8,10H,1-2,6,9H2,3-4H3,(H,17,18,19). The molecule has 0 saturated carbocycles. The maximum atomic E-state index is 11.3. The molecular formula is C15H19NO3S. The third-order valence-corrected chi connectivity index (χ3v) is 4.68. The van der Waals surface area contributed by atoms with Gasteiger partial charge in [0, 0.05) is 23.3 Å². The summed E-state index contributed by atoms with van der Waals surface area (Å²) in [6, 6.07) is 4.68. The molecule has 0 atom stereocenters. The van der Waals surface area contributed by atoms with Gasteiger partial charge in [-0.05, 0) is 30.2 Å². The zero-order valence-electron chi connectivity index (χ0n) is 11.8. The molecule has 1 aliphatic rings. The lowest BCUT2D eigenvalue weighted by atomic mass is 9.84. The Bertz CT molecular complexity index is 674. The summed E-state index contributed by atoms with van der Waals surface area (Å²) < 4.78 is 31.8. The van der Waals surface area contributed by atoms with E-state index in [4.69, 9.17) is 0 Å². The van der Waals surface area contributed by atoms with E-state index >= 15 is 0 Å². The molecule has 1 aromatic carbocycles. The van der Waals surface area contributed by atoms with Crippen LogP contribution >= 0.6 is 0 Å². The van der Waals surface area contributed by atoms with Gasteiger partial charge in [-0.1, -0.05) is 26.5 Å². The van der Waals surface area contributed by atoms with Gasteiger partial charge in [-0.15, -0.1) is 6.58 Å². The normalized spacial score (nSPS) is 17.1. The van der Waals surface area contributed by atoms with E-state index in [0.717, 1.165) is 29.9 Å². The molecule has 1 aromatic rings. The first-order chi connectivity index (χ1) is 9.19. The van der Waals surface area contributed by atoms with Crippen molar-refractivity contribution < 1.29 is 13.0 Å². The maximum absolute atomic E-state index is 11.3. The van der Waals surface area contributed by atoms with Crippen LogP contribution in [0.3, 0.4) is 0 Å². The summed E-state index contributed by atoms with van der Waals surface area (Å²) in [5.74, 6) is 0. The third-order valence-electron chi connectivity index (χ3n) is 3.83. The van der Waals surface area contributed by atoms with Crippen molar-refractivity contribution in [2.75, 3.05) is 11.4 Å². The molecule has 0 spiro atoms. The van der Waals surface area contributed by atoms with Crippen LogP contribution in [-0.4, -0.2) is 19.5 Å². The predicted molar refractivity (Wildman–Crippen MR) is 80.6 cm³/mol. The van der Waals surface area contributed by atoms with E-state index in [1.165, 1.54) is 12.1 Å². The SMILES string of the molecule is C=CCCN1C(=C)C(C)(C)c2cc(S(=O)(=O)O)ccc21. The molecule has 1 heterocycles. The molecule has 5 heteroatoms. The smallest absolute Gasteiger partial charge is 0.294 e. The maximum Gasteiger partial charge on any atom is 0.294 e. The molecule has 0 fully saturated rings. The fourth-order valence-electron chi connectivity index (χ4n) is 2.53. The van der Waals surface area contributed by atoms with Crippen molar-refractivity contribution in [1.29, 1.82) is 0 Å². The van der Waals surface area contributed by atoms with Crippen LogP contribution in [0.25, 0.3) is 0 Å². The quantitative estimate of drug-likeness (QED) is 0.684. The van der Waals surface area contributed by atoms with Crippen molar-refractivity contribution in [2.45, 2.75) is 30.6 Å². The minimum absolute atomic E-state index is 0.0808. The molecule has 20 heavy (non-hydrogen) atoms. The van der Waals surface area contributed by atoms with Crippen LogP contribution in [0.15, 0.2) is 48.0 Å². The van der Waals surface area contributed by atoms with Gasteiger partial charge in [0.25, 0.3) is 10.1 Å². The summed E-state index contributed by atoms with van der Waals surface area (Å²) in [5.41, 5.74) is 2.36. The third kappa shape index (κ3) is 2.27. The van der Waals surface area contributed by atoms with Crippen LogP contribution in [-0.2, 0) is 15.5 Å². The van der Waals surface area contributed by atoms with Crippen LogP contribution < -0.4 is 4.90 Å². The van der Waals surface area contributed by atoms with E-state index in [-0.39, 0.29) is 10.3 Å². The zero-order valence-corrected chi connectivity index (χ0v) is 12.6. The second kappa shape index (κ2) is 4.75. The van der Waals surface area contributed by atoms with Crippen molar-refractivity contribution in [3.63, 3.8) is 0 Å². The van der Waals surface area contributed by atoms with Crippen molar-refractivity contribution in [3.05, 3.63) is 48.7 Å². The van der Waals surface area contributed by atoms with Crippen LogP contribution in [0, 0.1) is 0 Å². The average molecular weight is 293 g/mol. The number of rotatable bonds is 4. The molecule has 0 saturated heterocycles. The minimum atomic E-state index is -4.19. The topological polar surface area (TPSA) is 57.6 Å². The number of hydrogen-bond donors (Lipinski definition) is 1. The van der Waals surface area contributed by atoms with Crippen LogP contribution in [0.4, 0.5) is 5.69 Å². The Hall–Kier alpha value is -1.59. The Kier molecular flexibility index (Phi) is 3.52. The molecular weight excluding hydrogens is 274 g/mol. The first-order valence-electron chi connectivity index (χ1n) is 6.39. The second-order valence-electron chi connectivity index (χ2n) is 5.45. The lowest BCUT2D eigenvalue weighted by Crippen LogP contribution is -2.25. The highest BCUT2D eigenvalue weighted by atomic mass is 32.2. The molecule has 0 unspecified atom stereocenters. The molecule has 0 aliphatic carbocycles. The first kappa shape index (κ1) is 14.8. The number of anilines is 1. The second-order valence-corrected chi connectivity index (χ2v) is 6.88. The average Bonchev–Trinajstić information content (AvgIpc) is 2.55. The van der Waals surface area contributed by atoms with E-state index in [1.807, 2.05) is 19.9 Å². The summed E-state index contributed by atoms with van der Waals surface area (Å²) in [7, 11) is -4.19. The van der Waals surface area contributed by atoms with Crippen molar-refractivity contribution in [2.24, 2.45) is 0 Å². The first-order valence-corrected chi connectivity index (χ1v) is 7.83. The number of hydrogen-bond acceptors (Lipinski definition) is 3. The highest BCUT2D eigenvalue weighted by Gasteiger charge is 2.39. The van der Waals surface area contributed by atoms with E-state index in [9.17, 15) is 13.0 Å². The Balaban J connectivity index is 2.57. The molecule has 108 valence electrons. The lowest BCUT2D eigenvalue weighted by Gasteiger charge is -2.25. The van der Waals surface area contributed by atoms with Gasteiger partial charge in [0.15, 0.2) is 0 Å². The van der Waals surface area contributed by atoms with Gasteiger partial charge in [-0.25, -0.2) is 0 Å². The predicted octanol–water partition coefficient (Wildman–Crippen LogP) is 3.12. The Morgan fingerprint density at radius 3 is 2.60 bits per heavy atom. The van der Waals surface area contributed by atoms with Crippen molar-refractivity contribution >= 4 is 15.8 Å². The summed E-state index contributed by atoms with van der Waals surface area (Å²) >= 11 is 0. The summed E-state index contributed by atoms with van der Waals surface area (Å²) in [6.45, 7) is 12.6. The van der Waals surface area contributed by atoms with Crippen LogP contribution in [0.1, 0.15) is 25.8 Å². The van der Waals surface area contributed by atoms with E-state index in [2.05, 4.69) is 18.1 Å². The number of allylic oxidation sites excluding steroid dienone is 1. The Morgan fingerprint density at radius 1 is 1.40 bits per heavy atom. The van der Waals surface area contributed by atoms with Gasteiger partial charge in [0.2, 0.25) is 0 Å². The van der Waals surface area contributed by atoms with Gasteiger partial charge in [0.05, 0.1) is 4.90 Å². The Labute approximate surface area is 120 Å². The molecule has 0 amide bonds. The zero-order chi connectivity index (χ0) is 15.1. The minimum Gasteiger partial charge on any atom is -0.344 e. The highest BCUT2D eigenvalue weighted by Crippen LogP contribution is 2.47. The van der Waals surface area contributed by atoms with Crippen molar-refractivity contribution in [1.82, 2.24) is 0 Å². The summed E-state index contributed by atoms with van der Waals surface area (Å²) in [4.78, 5) is 1.99. The summed E-state index contributed by atoms with van der Waals surface area (Å²) in [6.07, 6.45) is 2.65. The molecule has 1 aliphatic heterocycles. The van der Waals surface area contributed by atoms with Gasteiger partial charge in [0.1, 0.15) is 0 Å². The lowest BCUT2D eigenvalue weighted by molar-refractivity contribution is 0.483. The van der Waals surface area contributed by atoms with Gasteiger partial charge >= 0.3 is 0 Å². The van der Waals surface area contributed by atoms with E-state index in [1.54, 1.807) is 6.07 Å². The molecule has 4 nitrogen and oxygen atoms in total. The van der Waals surface area contributed by atoms with E-state index in [0.29, 0.717) is 0 Å². The molecule has 0 aromatic heterocycles. The number of benzene rings is 1. The Morgan fingerprint density at radius 2 is 2.05 bits per heavy atom. The van der Waals surface area contributed by atoms with Crippen LogP contribution in [0.2, 0.25) is 0 Å². The molecule has 2 rings (SSSR count). The van der Waals surface area contributed by atoms with Crippen LogP contribution in [0.5, 0.6) is 0 Å². The monoisotopic (exact) mass is 293 g/mol. The largest absolute Gasteiger partial charge is 0.344 e. The fraction of sp³-hybridized carbons (Fsp3) is 0.333. The highest BCUT2D eigenvalue weighted by molar-refractivity contribution is 7.85. The summed E-state index contributed by atoms with van der Waals surface area (Å²) in [5, 5.41) is 0.